The predicted octanol–water partition coefficient (Wildman–Crippen LogP) is 12.7. The second-order valence-electron chi connectivity index (χ2n) is 13.2. The molecule has 0 aromatic heterocycles. The maximum atomic E-state index is 4.59. The van der Waals surface area contributed by atoms with Gasteiger partial charge in [0.05, 0.1) is 0 Å². The zero-order valence-corrected chi connectivity index (χ0v) is 27.6. The van der Waals surface area contributed by atoms with E-state index in [-0.39, 0.29) is 0 Å². The summed E-state index contributed by atoms with van der Waals surface area (Å²) in [5.74, 6) is 7.66. The molecule has 0 bridgehead atoms. The monoisotopic (exact) mass is 598 g/mol. The van der Waals surface area contributed by atoms with Crippen LogP contribution in [-0.2, 0) is 0 Å². The number of benzene rings is 3. The molecule has 0 nitrogen and oxygen atoms in total. The number of allylic oxidation sites excluding steroid dienone is 13. The van der Waals surface area contributed by atoms with Crippen LogP contribution in [0.1, 0.15) is 80.9 Å². The molecule has 0 N–H and O–H groups in total. The van der Waals surface area contributed by atoms with E-state index in [1.807, 2.05) is 6.08 Å². The lowest BCUT2D eigenvalue weighted by Crippen LogP contribution is -2.11. The van der Waals surface area contributed by atoms with Crippen LogP contribution in [0.2, 0.25) is 0 Å². The van der Waals surface area contributed by atoms with Crippen LogP contribution in [0.3, 0.4) is 0 Å². The Morgan fingerprint density at radius 3 is 2.35 bits per heavy atom. The minimum atomic E-state index is 0.465. The summed E-state index contributed by atoms with van der Waals surface area (Å²) in [6, 6.07) is 24.9. The van der Waals surface area contributed by atoms with E-state index in [0.717, 1.165) is 37.2 Å². The molecule has 230 valence electrons. The highest BCUT2D eigenvalue weighted by molar-refractivity contribution is 5.80. The normalized spacial score (nSPS) is 16.8. The fraction of sp³-hybridized carbons (Fsp3) is 0.261. The third kappa shape index (κ3) is 7.97. The number of rotatable bonds is 11. The molecule has 3 aromatic rings. The van der Waals surface area contributed by atoms with Crippen LogP contribution in [0.5, 0.6) is 0 Å². The summed E-state index contributed by atoms with van der Waals surface area (Å²) in [5.41, 5.74) is 14.0. The summed E-state index contributed by atoms with van der Waals surface area (Å²) in [4.78, 5) is 0. The van der Waals surface area contributed by atoms with Gasteiger partial charge in [-0.2, -0.15) is 0 Å². The second-order valence-corrected chi connectivity index (χ2v) is 13.2. The van der Waals surface area contributed by atoms with Crippen LogP contribution >= 0.6 is 0 Å². The minimum Gasteiger partial charge on any atom is -0.0941 e. The van der Waals surface area contributed by atoms with Crippen molar-refractivity contribution >= 4 is 5.57 Å². The first kappa shape index (κ1) is 31.4. The van der Waals surface area contributed by atoms with Gasteiger partial charge >= 0.3 is 0 Å². The summed E-state index contributed by atoms with van der Waals surface area (Å²) >= 11 is 0. The van der Waals surface area contributed by atoms with Gasteiger partial charge in [0.2, 0.25) is 0 Å². The summed E-state index contributed by atoms with van der Waals surface area (Å²) in [6.07, 6.45) is 29.3. The van der Waals surface area contributed by atoms with E-state index < -0.39 is 0 Å². The van der Waals surface area contributed by atoms with Gasteiger partial charge in [-0.15, -0.1) is 0 Å². The first-order valence-electron chi connectivity index (χ1n) is 17.1. The summed E-state index contributed by atoms with van der Waals surface area (Å²) < 4.78 is 0. The van der Waals surface area contributed by atoms with Gasteiger partial charge in [-0.1, -0.05) is 159 Å². The average molecular weight is 599 g/mol. The van der Waals surface area contributed by atoms with E-state index in [0.29, 0.717) is 5.92 Å². The Labute approximate surface area is 277 Å². The Hall–Kier alpha value is -4.60. The lowest BCUT2D eigenvalue weighted by molar-refractivity contribution is 0.296. The van der Waals surface area contributed by atoms with Crippen molar-refractivity contribution in [1.29, 1.82) is 0 Å². The van der Waals surface area contributed by atoms with Crippen LogP contribution in [0.4, 0.5) is 0 Å². The largest absolute Gasteiger partial charge is 0.0941 e. The maximum absolute atomic E-state index is 4.59. The minimum absolute atomic E-state index is 0.465. The third-order valence-electron chi connectivity index (χ3n) is 9.86. The van der Waals surface area contributed by atoms with Crippen molar-refractivity contribution in [3.05, 3.63) is 161 Å². The first-order chi connectivity index (χ1) is 22.5. The van der Waals surface area contributed by atoms with E-state index in [1.54, 1.807) is 0 Å². The topological polar surface area (TPSA) is 0 Å². The van der Waals surface area contributed by atoms with Crippen molar-refractivity contribution in [3.8, 4) is 34.1 Å². The third-order valence-corrected chi connectivity index (χ3v) is 9.86. The van der Waals surface area contributed by atoms with Gasteiger partial charge in [-0.3, -0.25) is 0 Å². The van der Waals surface area contributed by atoms with Gasteiger partial charge in [0.15, 0.2) is 0 Å². The molecule has 3 aliphatic carbocycles. The fourth-order valence-corrected chi connectivity index (χ4v) is 6.70. The standard InChI is InChI=1S/C46H46/c1-34-19-21-45(33-46(34)36(3)32-44(22-20-37-15-12-16-37)40-17-10-6-7-11-18-40)43-29-27-42(28-30-43)41-25-23-39(24-26-41)35(2)31-38-13-8-4-5-9-14-38/h4,6,8,10-11,13,17-19,21,23-30,32-33,35,37H,3,7,12,14-16,20,22,31H2,1-2H3/b44-32+. The van der Waals surface area contributed by atoms with E-state index >= 15 is 0 Å². The van der Waals surface area contributed by atoms with E-state index in [1.165, 1.54) is 81.3 Å². The molecule has 0 amide bonds. The van der Waals surface area contributed by atoms with Gasteiger partial charge in [0.25, 0.3) is 0 Å². The SMILES string of the molecule is C=C(/C=C(\CCC1CCC1)C1=CC=CCC=C1)c1cc(-c2ccc(-c3ccc(C(C)CC4=CC=CC#CC4)cc3)cc2)ccc1C. The molecule has 1 saturated carbocycles. The van der Waals surface area contributed by atoms with Crippen molar-refractivity contribution < 1.29 is 0 Å². The van der Waals surface area contributed by atoms with Crippen molar-refractivity contribution in [2.75, 3.05) is 0 Å². The number of hydrogen-bond donors (Lipinski definition) is 0. The van der Waals surface area contributed by atoms with Crippen LogP contribution in [0.25, 0.3) is 27.8 Å². The molecule has 0 saturated heterocycles. The molecule has 6 rings (SSSR count). The molecule has 1 atom stereocenters. The molecular formula is C46H46. The zero-order chi connectivity index (χ0) is 31.7. The Balaban J connectivity index is 1.17. The molecule has 0 heteroatoms. The van der Waals surface area contributed by atoms with Gasteiger partial charge < -0.3 is 0 Å². The van der Waals surface area contributed by atoms with Crippen molar-refractivity contribution in [1.82, 2.24) is 0 Å². The van der Waals surface area contributed by atoms with Crippen LogP contribution in [-0.4, -0.2) is 0 Å². The van der Waals surface area contributed by atoms with Crippen molar-refractivity contribution in [3.63, 3.8) is 0 Å². The molecule has 3 aliphatic rings. The number of aryl methyl sites for hydroxylation is 1. The smallest absolute Gasteiger partial charge is 0.0306 e. The molecular weight excluding hydrogens is 553 g/mol. The molecule has 1 unspecified atom stereocenters. The Bertz CT molecular complexity index is 1800. The quantitative estimate of drug-likeness (QED) is 0.152. The van der Waals surface area contributed by atoms with Gasteiger partial charge in [0, 0.05) is 6.42 Å². The summed E-state index contributed by atoms with van der Waals surface area (Å²) in [5, 5.41) is 0. The maximum Gasteiger partial charge on any atom is 0.0306 e. The Morgan fingerprint density at radius 1 is 0.891 bits per heavy atom. The van der Waals surface area contributed by atoms with Crippen LogP contribution < -0.4 is 0 Å². The lowest BCUT2D eigenvalue weighted by atomic mass is 9.80. The summed E-state index contributed by atoms with van der Waals surface area (Å²) in [6.45, 7) is 9.10. The van der Waals surface area contributed by atoms with Gasteiger partial charge in [0.1, 0.15) is 0 Å². The molecule has 1 fully saturated rings. The molecule has 0 spiro atoms. The molecule has 0 aliphatic heterocycles. The summed E-state index contributed by atoms with van der Waals surface area (Å²) in [7, 11) is 0. The second kappa shape index (κ2) is 15.1. The highest BCUT2D eigenvalue weighted by Gasteiger charge is 2.18. The predicted molar refractivity (Wildman–Crippen MR) is 199 cm³/mol. The number of hydrogen-bond acceptors (Lipinski definition) is 0. The van der Waals surface area contributed by atoms with Crippen LogP contribution in [0.15, 0.2) is 145 Å². The Kier molecular flexibility index (Phi) is 10.3. The highest BCUT2D eigenvalue weighted by atomic mass is 14.2. The van der Waals surface area contributed by atoms with Crippen molar-refractivity contribution in [2.45, 2.75) is 71.1 Å². The fourth-order valence-electron chi connectivity index (χ4n) is 6.70. The highest BCUT2D eigenvalue weighted by Crippen LogP contribution is 2.35. The molecule has 0 heterocycles. The van der Waals surface area contributed by atoms with Gasteiger partial charge in [-0.05, 0) is 112 Å². The molecule has 0 radical (unpaired) electrons. The molecule has 3 aromatic carbocycles. The van der Waals surface area contributed by atoms with E-state index in [9.17, 15) is 0 Å². The van der Waals surface area contributed by atoms with E-state index in [2.05, 4.69) is 148 Å². The first-order valence-corrected chi connectivity index (χ1v) is 17.1. The Morgan fingerprint density at radius 2 is 1.61 bits per heavy atom. The average Bonchev–Trinajstić information content (AvgIpc) is 3.50. The van der Waals surface area contributed by atoms with Crippen LogP contribution in [0, 0.1) is 24.7 Å². The van der Waals surface area contributed by atoms with E-state index in [4.69, 9.17) is 0 Å². The lowest BCUT2D eigenvalue weighted by Gasteiger charge is -2.26. The molecule has 46 heavy (non-hydrogen) atoms. The zero-order valence-electron chi connectivity index (χ0n) is 27.6. The van der Waals surface area contributed by atoms with Crippen molar-refractivity contribution in [2.24, 2.45) is 5.92 Å². The van der Waals surface area contributed by atoms with Gasteiger partial charge in [-0.25, -0.2) is 0 Å².